The van der Waals surface area contributed by atoms with Crippen LogP contribution >= 0.6 is 0 Å². The minimum absolute atomic E-state index is 0.0249. The van der Waals surface area contributed by atoms with E-state index in [-0.39, 0.29) is 11.8 Å². The molecule has 1 unspecified atom stereocenters. The Balaban J connectivity index is 1.56. The lowest BCUT2D eigenvalue weighted by Gasteiger charge is -2.30. The third-order valence-electron chi connectivity index (χ3n) is 5.36. The molecule has 1 atom stereocenters. The summed E-state index contributed by atoms with van der Waals surface area (Å²) in [6.45, 7) is 1.06. The van der Waals surface area contributed by atoms with E-state index in [0.29, 0.717) is 13.1 Å². The zero-order valence-corrected chi connectivity index (χ0v) is 15.6. The Labute approximate surface area is 159 Å². The molecule has 5 nitrogen and oxygen atoms in total. The Morgan fingerprint density at radius 3 is 2.74 bits per heavy atom. The average Bonchev–Trinajstić information content (AvgIpc) is 3.12. The van der Waals surface area contributed by atoms with Crippen molar-refractivity contribution in [2.75, 3.05) is 0 Å². The van der Waals surface area contributed by atoms with Gasteiger partial charge in [0.25, 0.3) is 0 Å². The van der Waals surface area contributed by atoms with Gasteiger partial charge in [0.2, 0.25) is 5.91 Å². The van der Waals surface area contributed by atoms with Crippen molar-refractivity contribution >= 4 is 5.91 Å². The zero-order chi connectivity index (χ0) is 18.6. The van der Waals surface area contributed by atoms with Gasteiger partial charge in [-0.2, -0.15) is 0 Å². The van der Waals surface area contributed by atoms with Crippen molar-refractivity contribution in [2.24, 2.45) is 13.0 Å². The van der Waals surface area contributed by atoms with E-state index in [2.05, 4.69) is 34.2 Å². The van der Waals surface area contributed by atoms with E-state index in [4.69, 9.17) is 0 Å². The Hall–Kier alpha value is -2.95. The maximum absolute atomic E-state index is 13.4. The molecule has 0 spiro atoms. The summed E-state index contributed by atoms with van der Waals surface area (Å²) in [5, 5.41) is 0. The van der Waals surface area contributed by atoms with Crippen molar-refractivity contribution in [2.45, 2.75) is 32.4 Å². The van der Waals surface area contributed by atoms with E-state index in [9.17, 15) is 4.79 Å². The molecule has 27 heavy (non-hydrogen) atoms. The number of benzene rings is 1. The maximum atomic E-state index is 13.4. The number of carbonyl (C=O) groups is 1. The van der Waals surface area contributed by atoms with Crippen LogP contribution in [0.5, 0.6) is 0 Å². The minimum atomic E-state index is 0.0249. The molecule has 0 aliphatic heterocycles. The highest BCUT2D eigenvalue weighted by molar-refractivity contribution is 5.79. The SMILES string of the molecule is Cn1ccnc1CN(Cc1cccnc1)C(=O)C1CCc2ccccc2C1. The molecule has 0 bridgehead atoms. The van der Waals surface area contributed by atoms with E-state index in [1.807, 2.05) is 41.0 Å². The fraction of sp³-hybridized carbons (Fsp3) is 0.318. The molecule has 1 amide bonds. The van der Waals surface area contributed by atoms with Gasteiger partial charge in [0.15, 0.2) is 0 Å². The van der Waals surface area contributed by atoms with Crippen molar-refractivity contribution in [1.29, 1.82) is 0 Å². The quantitative estimate of drug-likeness (QED) is 0.702. The third-order valence-corrected chi connectivity index (χ3v) is 5.36. The summed E-state index contributed by atoms with van der Waals surface area (Å²) in [6, 6.07) is 12.4. The van der Waals surface area contributed by atoms with Crippen LogP contribution in [0.25, 0.3) is 0 Å². The number of hydrogen-bond acceptors (Lipinski definition) is 3. The van der Waals surface area contributed by atoms with Crippen molar-refractivity contribution in [1.82, 2.24) is 19.4 Å². The molecule has 0 saturated carbocycles. The maximum Gasteiger partial charge on any atom is 0.226 e. The molecule has 2 aromatic heterocycles. The predicted molar refractivity (Wildman–Crippen MR) is 104 cm³/mol. The second-order valence-corrected chi connectivity index (χ2v) is 7.22. The molecule has 2 heterocycles. The number of hydrogen-bond donors (Lipinski definition) is 0. The van der Waals surface area contributed by atoms with Crippen LogP contribution in [0.15, 0.2) is 61.2 Å². The monoisotopic (exact) mass is 360 g/mol. The Bertz CT molecular complexity index is 919. The lowest BCUT2D eigenvalue weighted by Crippen LogP contribution is -2.38. The van der Waals surface area contributed by atoms with Crippen LogP contribution in [0, 0.1) is 5.92 Å². The van der Waals surface area contributed by atoms with Gasteiger partial charge in [0.05, 0.1) is 6.54 Å². The first-order valence-corrected chi connectivity index (χ1v) is 9.41. The summed E-state index contributed by atoms with van der Waals surface area (Å²) in [5.41, 5.74) is 3.72. The molecule has 1 aliphatic carbocycles. The van der Waals surface area contributed by atoms with Gasteiger partial charge in [-0.15, -0.1) is 0 Å². The summed E-state index contributed by atoms with van der Waals surface area (Å²) in [6.07, 6.45) is 9.97. The Morgan fingerprint density at radius 2 is 2.00 bits per heavy atom. The van der Waals surface area contributed by atoms with Gasteiger partial charge in [-0.1, -0.05) is 30.3 Å². The van der Waals surface area contributed by atoms with Crippen molar-refractivity contribution in [3.63, 3.8) is 0 Å². The second kappa shape index (κ2) is 7.74. The largest absolute Gasteiger partial charge is 0.337 e. The fourth-order valence-electron chi connectivity index (χ4n) is 3.81. The molecule has 4 rings (SSSR count). The Kier molecular flexibility index (Phi) is 5.01. The molecule has 0 radical (unpaired) electrons. The minimum Gasteiger partial charge on any atom is -0.337 e. The van der Waals surface area contributed by atoms with Crippen LogP contribution < -0.4 is 0 Å². The smallest absolute Gasteiger partial charge is 0.226 e. The van der Waals surface area contributed by atoms with Gasteiger partial charge < -0.3 is 9.47 Å². The van der Waals surface area contributed by atoms with Crippen LogP contribution in [-0.4, -0.2) is 25.3 Å². The van der Waals surface area contributed by atoms with Gasteiger partial charge >= 0.3 is 0 Å². The summed E-state index contributed by atoms with van der Waals surface area (Å²) in [5.74, 6) is 1.12. The van der Waals surface area contributed by atoms with Crippen LogP contribution in [-0.2, 0) is 37.8 Å². The van der Waals surface area contributed by atoms with Crippen molar-refractivity contribution in [3.8, 4) is 0 Å². The van der Waals surface area contributed by atoms with Gasteiger partial charge in [0, 0.05) is 44.3 Å². The summed E-state index contributed by atoms with van der Waals surface area (Å²) < 4.78 is 1.97. The van der Waals surface area contributed by atoms with E-state index < -0.39 is 0 Å². The van der Waals surface area contributed by atoms with Gasteiger partial charge in [0.1, 0.15) is 5.82 Å². The number of aromatic nitrogens is 3. The van der Waals surface area contributed by atoms with Crippen LogP contribution in [0.3, 0.4) is 0 Å². The number of pyridine rings is 1. The molecular formula is C22H24N4O. The summed E-state index contributed by atoms with van der Waals surface area (Å²) in [7, 11) is 1.96. The fourth-order valence-corrected chi connectivity index (χ4v) is 3.81. The van der Waals surface area contributed by atoms with Crippen molar-refractivity contribution < 1.29 is 4.79 Å². The normalized spacial score (nSPS) is 16.0. The average molecular weight is 360 g/mol. The number of amides is 1. The Morgan fingerprint density at radius 1 is 1.15 bits per heavy atom. The van der Waals surface area contributed by atoms with E-state index >= 15 is 0 Å². The lowest BCUT2D eigenvalue weighted by atomic mass is 9.83. The van der Waals surface area contributed by atoms with Crippen LogP contribution in [0.4, 0.5) is 0 Å². The lowest BCUT2D eigenvalue weighted by molar-refractivity contribution is -0.137. The molecular weight excluding hydrogens is 336 g/mol. The number of fused-ring (bicyclic) bond motifs is 1. The molecule has 0 saturated heterocycles. The van der Waals surface area contributed by atoms with E-state index in [0.717, 1.165) is 30.7 Å². The second-order valence-electron chi connectivity index (χ2n) is 7.22. The topological polar surface area (TPSA) is 51.0 Å². The van der Waals surface area contributed by atoms with Crippen molar-refractivity contribution in [3.05, 3.63) is 83.7 Å². The van der Waals surface area contributed by atoms with E-state index in [1.165, 1.54) is 11.1 Å². The molecule has 0 N–H and O–H groups in total. The highest BCUT2D eigenvalue weighted by atomic mass is 16.2. The zero-order valence-electron chi connectivity index (χ0n) is 15.6. The molecule has 1 aromatic carbocycles. The third kappa shape index (κ3) is 3.92. The number of rotatable bonds is 5. The number of carbonyl (C=O) groups excluding carboxylic acids is 1. The first-order valence-electron chi connectivity index (χ1n) is 9.41. The molecule has 1 aliphatic rings. The first kappa shape index (κ1) is 17.5. The molecule has 0 fully saturated rings. The standard InChI is InChI=1S/C22H24N4O/c1-25-12-11-24-21(25)16-26(15-17-5-4-10-23-14-17)22(27)20-9-8-18-6-2-3-7-19(18)13-20/h2-7,10-12,14,20H,8-9,13,15-16H2,1H3. The number of nitrogens with zero attached hydrogens (tertiary/aromatic N) is 4. The first-order chi connectivity index (χ1) is 13.2. The van der Waals surface area contributed by atoms with Gasteiger partial charge in [-0.25, -0.2) is 4.98 Å². The highest BCUT2D eigenvalue weighted by Gasteiger charge is 2.29. The molecule has 3 aromatic rings. The number of aryl methyl sites for hydroxylation is 2. The van der Waals surface area contributed by atoms with E-state index in [1.54, 1.807) is 12.4 Å². The highest BCUT2D eigenvalue weighted by Crippen LogP contribution is 2.27. The van der Waals surface area contributed by atoms with Crippen LogP contribution in [0.2, 0.25) is 0 Å². The van der Waals surface area contributed by atoms with Gasteiger partial charge in [-0.3, -0.25) is 9.78 Å². The van der Waals surface area contributed by atoms with Gasteiger partial charge in [-0.05, 0) is 42.0 Å². The predicted octanol–water partition coefficient (Wildman–Crippen LogP) is 3.15. The molecule has 138 valence electrons. The van der Waals surface area contributed by atoms with Crippen LogP contribution in [0.1, 0.15) is 28.9 Å². The number of imidazole rings is 1. The summed E-state index contributed by atoms with van der Waals surface area (Å²) in [4.78, 5) is 24.0. The summed E-state index contributed by atoms with van der Waals surface area (Å²) >= 11 is 0. The molecule has 5 heteroatoms.